The van der Waals surface area contributed by atoms with Crippen LogP contribution in [0.2, 0.25) is 0 Å². The molecule has 1 amide bonds. The average molecular weight is 606 g/mol. The lowest BCUT2D eigenvalue weighted by Crippen LogP contribution is -2.31. The SMILES string of the molecule is C=CC(=O)Nc1cc(Nc2ncc(-c3nnc(C)o3)c(-c3cn(C)c4ccccc34)n2)c(OC)cc1N(C)[C@H]1[C@@H]2CN(C)C[C@@H]21. The van der Waals surface area contributed by atoms with Crippen LogP contribution in [0.3, 0.4) is 0 Å². The van der Waals surface area contributed by atoms with Gasteiger partial charge in [0.05, 0.1) is 35.4 Å². The molecule has 0 radical (unpaired) electrons. The van der Waals surface area contributed by atoms with Crippen molar-refractivity contribution in [2.75, 3.05) is 49.8 Å². The zero-order valence-corrected chi connectivity index (χ0v) is 25.9. The monoisotopic (exact) mass is 605 g/mol. The van der Waals surface area contributed by atoms with E-state index in [1.54, 1.807) is 20.2 Å². The van der Waals surface area contributed by atoms with Crippen molar-refractivity contribution < 1.29 is 13.9 Å². The number of methoxy groups -OCH3 is 1. The number of rotatable bonds is 9. The summed E-state index contributed by atoms with van der Waals surface area (Å²) in [6, 6.07) is 12.3. The second-order valence-electron chi connectivity index (χ2n) is 11.8. The van der Waals surface area contributed by atoms with Crippen LogP contribution in [0.25, 0.3) is 33.6 Å². The molecule has 0 spiro atoms. The number of nitrogens with one attached hydrogen (secondary N) is 2. The van der Waals surface area contributed by atoms with Crippen LogP contribution in [0.5, 0.6) is 5.75 Å². The summed E-state index contributed by atoms with van der Waals surface area (Å²) in [6.07, 6.45) is 4.97. The molecule has 2 aromatic carbocycles. The van der Waals surface area contributed by atoms with Crippen LogP contribution in [0, 0.1) is 18.8 Å². The minimum absolute atomic E-state index is 0.301. The van der Waals surface area contributed by atoms with E-state index < -0.39 is 0 Å². The highest BCUT2D eigenvalue weighted by Gasteiger charge is 2.57. The van der Waals surface area contributed by atoms with Crippen molar-refractivity contribution >= 4 is 39.8 Å². The van der Waals surface area contributed by atoms with E-state index in [0.29, 0.717) is 64.0 Å². The molecular formula is C33H35N9O3. The number of para-hydroxylation sites is 1. The standard InChI is InChI=1S/C33H35N9O3/c1-7-29(43)35-24-12-25(28(44-6)13-27(24)42(5)31-22-15-40(3)16-23(22)31)36-33-34-14-20(32-39-38-18(2)45-32)30(37-33)21-17-41(4)26-11-9-8-10-19(21)26/h7-14,17,22-23,31H,1,15-16H2,2-6H3,(H,35,43)(H,34,36,37)/t22-,23+,31+. The first-order valence-electron chi connectivity index (χ1n) is 14.8. The number of piperidine rings is 1. The number of hydrogen-bond donors (Lipinski definition) is 2. The van der Waals surface area contributed by atoms with E-state index in [1.807, 2.05) is 37.5 Å². The Morgan fingerprint density at radius 1 is 1.13 bits per heavy atom. The van der Waals surface area contributed by atoms with Gasteiger partial charge in [0.1, 0.15) is 5.75 Å². The van der Waals surface area contributed by atoms with Crippen molar-refractivity contribution in [1.82, 2.24) is 29.6 Å². The molecule has 2 aliphatic rings. The van der Waals surface area contributed by atoms with Crippen molar-refractivity contribution in [2.24, 2.45) is 18.9 Å². The average Bonchev–Trinajstić information content (AvgIpc) is 3.34. The van der Waals surface area contributed by atoms with Crippen LogP contribution in [0.1, 0.15) is 5.89 Å². The molecule has 0 bridgehead atoms. The first-order chi connectivity index (χ1) is 21.7. The number of anilines is 4. The Morgan fingerprint density at radius 2 is 1.91 bits per heavy atom. The van der Waals surface area contributed by atoms with Crippen molar-refractivity contribution in [1.29, 1.82) is 0 Å². The Hall–Kier alpha value is -5.23. The topological polar surface area (TPSA) is 126 Å². The fourth-order valence-corrected chi connectivity index (χ4v) is 6.71. The first-order valence-corrected chi connectivity index (χ1v) is 14.8. The molecule has 12 nitrogen and oxygen atoms in total. The predicted molar refractivity (Wildman–Crippen MR) is 174 cm³/mol. The van der Waals surface area contributed by atoms with Crippen LogP contribution in [-0.4, -0.2) is 75.9 Å². The summed E-state index contributed by atoms with van der Waals surface area (Å²) >= 11 is 0. The molecule has 45 heavy (non-hydrogen) atoms. The zero-order chi connectivity index (χ0) is 31.4. The van der Waals surface area contributed by atoms with E-state index in [4.69, 9.17) is 14.1 Å². The Labute approximate surface area is 260 Å². The summed E-state index contributed by atoms with van der Waals surface area (Å²) in [5.74, 6) is 2.60. The quantitative estimate of drug-likeness (QED) is 0.225. The zero-order valence-electron chi connectivity index (χ0n) is 25.9. The van der Waals surface area contributed by atoms with Gasteiger partial charge < -0.3 is 34.2 Å². The number of hydrogen-bond acceptors (Lipinski definition) is 10. The molecule has 5 aromatic rings. The second kappa shape index (κ2) is 11.0. The Bertz CT molecular complexity index is 1940. The maximum Gasteiger partial charge on any atom is 0.251 e. The number of carbonyl (C=O) groups is 1. The van der Waals surface area contributed by atoms with Crippen LogP contribution in [0.15, 0.2) is 65.9 Å². The van der Waals surface area contributed by atoms with Gasteiger partial charge in [-0.2, -0.15) is 0 Å². The van der Waals surface area contributed by atoms with Crippen molar-refractivity contribution in [3.8, 4) is 28.5 Å². The molecule has 2 fully saturated rings. The number of benzene rings is 2. The van der Waals surface area contributed by atoms with E-state index in [0.717, 1.165) is 35.2 Å². The molecule has 1 saturated heterocycles. The fraction of sp³-hybridized carbons (Fsp3) is 0.303. The van der Waals surface area contributed by atoms with Gasteiger partial charge in [-0.25, -0.2) is 9.97 Å². The van der Waals surface area contributed by atoms with Crippen molar-refractivity contribution in [3.63, 3.8) is 0 Å². The first kappa shape index (κ1) is 28.5. The normalized spacial score (nSPS) is 18.9. The highest BCUT2D eigenvalue weighted by molar-refractivity contribution is 6.02. The molecule has 12 heteroatoms. The molecule has 2 N–H and O–H groups in total. The third-order valence-corrected chi connectivity index (χ3v) is 8.86. The van der Waals surface area contributed by atoms with Gasteiger partial charge in [0.25, 0.3) is 5.89 Å². The van der Waals surface area contributed by atoms with Gasteiger partial charge in [-0.15, -0.1) is 10.2 Å². The number of nitrogens with zero attached hydrogens (tertiary/aromatic N) is 7. The number of ether oxygens (including phenoxy) is 1. The maximum atomic E-state index is 12.5. The van der Waals surface area contributed by atoms with Gasteiger partial charge in [0.15, 0.2) is 0 Å². The van der Waals surface area contributed by atoms with E-state index in [9.17, 15) is 4.79 Å². The molecule has 1 aliphatic carbocycles. The van der Waals surface area contributed by atoms with E-state index in [2.05, 4.69) is 73.0 Å². The van der Waals surface area contributed by atoms with Gasteiger partial charge in [0, 0.05) is 75.1 Å². The van der Waals surface area contributed by atoms with Gasteiger partial charge in [-0.05, 0) is 37.1 Å². The molecule has 230 valence electrons. The number of aryl methyl sites for hydroxylation is 2. The number of likely N-dealkylation sites (tertiary alicyclic amines) is 1. The number of fused-ring (bicyclic) bond motifs is 2. The lowest BCUT2D eigenvalue weighted by Gasteiger charge is -2.27. The summed E-state index contributed by atoms with van der Waals surface area (Å²) in [5.41, 5.74) is 5.30. The smallest absolute Gasteiger partial charge is 0.251 e. The molecule has 1 aliphatic heterocycles. The number of amides is 1. The summed E-state index contributed by atoms with van der Waals surface area (Å²) in [7, 11) is 7.85. The van der Waals surface area contributed by atoms with Gasteiger partial charge in [-0.1, -0.05) is 24.8 Å². The molecule has 0 unspecified atom stereocenters. The molecular weight excluding hydrogens is 570 g/mol. The van der Waals surface area contributed by atoms with Crippen molar-refractivity contribution in [2.45, 2.75) is 13.0 Å². The maximum absolute atomic E-state index is 12.5. The third-order valence-electron chi connectivity index (χ3n) is 8.86. The molecule has 1 saturated carbocycles. The Kier molecular flexibility index (Phi) is 7.00. The Morgan fingerprint density at radius 3 is 2.62 bits per heavy atom. The summed E-state index contributed by atoms with van der Waals surface area (Å²) in [4.78, 5) is 26.8. The van der Waals surface area contributed by atoms with Crippen LogP contribution in [0.4, 0.5) is 23.0 Å². The second-order valence-corrected chi connectivity index (χ2v) is 11.8. The van der Waals surface area contributed by atoms with Gasteiger partial charge in [-0.3, -0.25) is 4.79 Å². The van der Waals surface area contributed by atoms with Crippen LogP contribution >= 0.6 is 0 Å². The minimum Gasteiger partial charge on any atom is -0.494 e. The number of carbonyl (C=O) groups excluding carboxylic acids is 1. The fourth-order valence-electron chi connectivity index (χ4n) is 6.71. The van der Waals surface area contributed by atoms with Gasteiger partial charge in [0.2, 0.25) is 17.7 Å². The third kappa shape index (κ3) is 5.06. The summed E-state index contributed by atoms with van der Waals surface area (Å²) in [6.45, 7) is 7.53. The minimum atomic E-state index is -0.301. The van der Waals surface area contributed by atoms with Gasteiger partial charge >= 0.3 is 0 Å². The lowest BCUT2D eigenvalue weighted by molar-refractivity contribution is -0.111. The molecule has 4 heterocycles. The lowest BCUT2D eigenvalue weighted by atomic mass is 10.1. The highest BCUT2D eigenvalue weighted by Crippen LogP contribution is 2.51. The van der Waals surface area contributed by atoms with Crippen LogP contribution < -0.4 is 20.3 Å². The Balaban J connectivity index is 1.30. The summed E-state index contributed by atoms with van der Waals surface area (Å²) in [5, 5.41) is 15.6. The van der Waals surface area contributed by atoms with E-state index in [1.165, 1.54) is 6.08 Å². The molecule has 3 aromatic heterocycles. The predicted octanol–water partition coefficient (Wildman–Crippen LogP) is 4.87. The van der Waals surface area contributed by atoms with E-state index >= 15 is 0 Å². The van der Waals surface area contributed by atoms with E-state index in [-0.39, 0.29) is 5.91 Å². The molecule has 7 rings (SSSR count). The molecule has 3 atom stereocenters. The number of aromatic nitrogens is 5. The van der Waals surface area contributed by atoms with Crippen molar-refractivity contribution in [3.05, 3.63) is 67.3 Å². The van der Waals surface area contributed by atoms with Crippen LogP contribution in [-0.2, 0) is 11.8 Å². The largest absolute Gasteiger partial charge is 0.494 e. The summed E-state index contributed by atoms with van der Waals surface area (Å²) < 4.78 is 13.7. The highest BCUT2D eigenvalue weighted by atomic mass is 16.5.